The zero-order chi connectivity index (χ0) is 50.6. The van der Waals surface area contributed by atoms with Crippen molar-refractivity contribution in [2.24, 2.45) is 0 Å². The number of allylic oxidation sites excluding steroid dienone is 9. The summed E-state index contributed by atoms with van der Waals surface area (Å²) in [4.78, 5) is 25.5. The highest BCUT2D eigenvalue weighted by molar-refractivity contribution is 7.45. The lowest BCUT2D eigenvalue weighted by Crippen LogP contribution is -2.45. The van der Waals surface area contributed by atoms with Crippen molar-refractivity contribution in [3.8, 4) is 0 Å². The lowest BCUT2D eigenvalue weighted by Gasteiger charge is -2.29. The van der Waals surface area contributed by atoms with Crippen LogP contribution in [0.2, 0.25) is 0 Å². The Morgan fingerprint density at radius 2 is 0.855 bits per heavy atom. The normalized spacial score (nSPS) is 14.4. The largest absolute Gasteiger partial charge is 0.756 e. The molecule has 0 radical (unpaired) electrons. The molecular formula is C60H113N2O6P. The molecule has 8 nitrogen and oxygen atoms in total. The van der Waals surface area contributed by atoms with Crippen molar-refractivity contribution >= 4 is 13.7 Å². The van der Waals surface area contributed by atoms with Crippen LogP contribution in [0.3, 0.4) is 0 Å². The van der Waals surface area contributed by atoms with Crippen molar-refractivity contribution in [1.29, 1.82) is 0 Å². The minimum absolute atomic E-state index is 0.00977. The minimum atomic E-state index is -4.61. The fourth-order valence-electron chi connectivity index (χ4n) is 8.35. The summed E-state index contributed by atoms with van der Waals surface area (Å²) < 4.78 is 23.3. The number of quaternary nitrogens is 1. The molecule has 0 bridgehead atoms. The van der Waals surface area contributed by atoms with E-state index < -0.39 is 26.6 Å². The standard InChI is InChI=1S/C60H113N2O6P/c1-6-8-10-12-14-16-18-20-22-24-26-28-30-32-33-35-37-39-41-43-45-47-49-51-53-59(63)58(57-68-69(65,66)67-56-55-62(3,4)5)61-60(64)54-52-50-48-46-44-42-40-38-36-34-31-29-27-25-23-21-19-17-15-13-11-9-7-2/h19,21,25,27,31,34,43,45,51,53,58-59,63H,6-18,20,22-24,26,28-30,32-33,35-42,44,46-50,52,54-57H2,1-5H3,(H-,61,64,65,66)/b21-19-,27-25-,34-31-,45-43+,53-51+. The third-order valence-corrected chi connectivity index (χ3v) is 13.9. The molecule has 0 saturated carbocycles. The molecule has 0 aromatic carbocycles. The molecule has 0 rings (SSSR count). The second-order valence-corrected chi connectivity index (χ2v) is 22.4. The smallest absolute Gasteiger partial charge is 0.268 e. The number of nitrogens with one attached hydrogen (secondary N) is 1. The first-order chi connectivity index (χ1) is 33.5. The summed E-state index contributed by atoms with van der Waals surface area (Å²) in [5, 5.41) is 13.9. The fraction of sp³-hybridized carbons (Fsp3) is 0.817. The van der Waals surface area contributed by atoms with Gasteiger partial charge in [-0.2, -0.15) is 0 Å². The number of carbonyl (C=O) groups excluding carboxylic acids is 1. The fourth-order valence-corrected chi connectivity index (χ4v) is 9.08. The van der Waals surface area contributed by atoms with E-state index in [1.165, 1.54) is 180 Å². The topological polar surface area (TPSA) is 108 Å². The minimum Gasteiger partial charge on any atom is -0.756 e. The number of hydrogen-bond acceptors (Lipinski definition) is 6. The van der Waals surface area contributed by atoms with Gasteiger partial charge in [0.05, 0.1) is 39.9 Å². The van der Waals surface area contributed by atoms with Crippen LogP contribution in [0.25, 0.3) is 0 Å². The molecule has 2 N–H and O–H groups in total. The molecular weight excluding hydrogens is 876 g/mol. The molecule has 3 unspecified atom stereocenters. The third kappa shape index (κ3) is 53.8. The number of hydrogen-bond donors (Lipinski definition) is 2. The SMILES string of the molecule is CCCCCCC/C=C\C/C=C\C/C=C\CCCCCCCCCCC(=O)NC(COP(=O)([O-])OCC[N+](C)(C)C)C(O)/C=C/CC/C=C/CCCCCCCCCCCCCCCCCCCC. The van der Waals surface area contributed by atoms with Crippen LogP contribution in [0.1, 0.15) is 264 Å². The molecule has 0 fully saturated rings. The highest BCUT2D eigenvalue weighted by Gasteiger charge is 2.23. The average molecular weight is 990 g/mol. The van der Waals surface area contributed by atoms with Crippen LogP contribution >= 0.6 is 7.82 Å². The Hall–Kier alpha value is -1.80. The first-order valence-electron chi connectivity index (χ1n) is 29.2. The number of phosphoric ester groups is 1. The van der Waals surface area contributed by atoms with E-state index in [-0.39, 0.29) is 12.5 Å². The Kier molecular flexibility index (Phi) is 49.8. The van der Waals surface area contributed by atoms with E-state index in [0.717, 1.165) is 64.2 Å². The summed E-state index contributed by atoms with van der Waals surface area (Å²) in [6.07, 6.45) is 68.7. The summed E-state index contributed by atoms with van der Waals surface area (Å²) >= 11 is 0. The van der Waals surface area contributed by atoms with Gasteiger partial charge in [0, 0.05) is 6.42 Å². The van der Waals surface area contributed by atoms with Gasteiger partial charge in [0.15, 0.2) is 0 Å². The monoisotopic (exact) mass is 989 g/mol. The number of rotatable bonds is 53. The lowest BCUT2D eigenvalue weighted by molar-refractivity contribution is -0.870. The third-order valence-electron chi connectivity index (χ3n) is 12.9. The maximum atomic E-state index is 13.0. The first kappa shape index (κ1) is 67.2. The van der Waals surface area contributed by atoms with E-state index in [1.807, 2.05) is 27.2 Å². The van der Waals surface area contributed by atoms with Gasteiger partial charge in [0.25, 0.3) is 7.82 Å². The van der Waals surface area contributed by atoms with E-state index in [9.17, 15) is 19.4 Å². The number of phosphoric acid groups is 1. The quantitative estimate of drug-likeness (QED) is 0.0272. The Labute approximate surface area is 428 Å². The molecule has 0 spiro atoms. The number of likely N-dealkylation sites (N-methyl/N-ethyl adjacent to an activating group) is 1. The Morgan fingerprint density at radius 1 is 0.507 bits per heavy atom. The number of aliphatic hydroxyl groups is 1. The van der Waals surface area contributed by atoms with Gasteiger partial charge >= 0.3 is 0 Å². The highest BCUT2D eigenvalue weighted by atomic mass is 31.2. The first-order valence-corrected chi connectivity index (χ1v) is 30.6. The molecule has 3 atom stereocenters. The Morgan fingerprint density at radius 3 is 1.28 bits per heavy atom. The van der Waals surface area contributed by atoms with E-state index >= 15 is 0 Å². The van der Waals surface area contributed by atoms with E-state index in [2.05, 4.69) is 67.8 Å². The van der Waals surface area contributed by atoms with Gasteiger partial charge in [0.1, 0.15) is 13.2 Å². The molecule has 0 aliphatic carbocycles. The maximum Gasteiger partial charge on any atom is 0.268 e. The van der Waals surface area contributed by atoms with Crippen LogP contribution in [0.15, 0.2) is 60.8 Å². The molecule has 0 saturated heterocycles. The van der Waals surface area contributed by atoms with Gasteiger partial charge in [-0.3, -0.25) is 9.36 Å². The molecule has 69 heavy (non-hydrogen) atoms. The number of carbonyl (C=O) groups is 1. The van der Waals surface area contributed by atoms with E-state index in [1.54, 1.807) is 6.08 Å². The zero-order valence-corrected chi connectivity index (χ0v) is 46.9. The van der Waals surface area contributed by atoms with Gasteiger partial charge in [-0.25, -0.2) is 0 Å². The molecule has 0 aromatic heterocycles. The predicted molar refractivity (Wildman–Crippen MR) is 297 cm³/mol. The van der Waals surface area contributed by atoms with E-state index in [0.29, 0.717) is 17.4 Å². The lowest BCUT2D eigenvalue weighted by atomic mass is 10.0. The van der Waals surface area contributed by atoms with Crippen molar-refractivity contribution in [3.05, 3.63) is 60.8 Å². The number of nitrogens with zero attached hydrogens (tertiary/aromatic N) is 1. The molecule has 1 amide bonds. The van der Waals surface area contributed by atoms with Gasteiger partial charge < -0.3 is 28.8 Å². The van der Waals surface area contributed by atoms with Crippen LogP contribution in [0, 0.1) is 0 Å². The summed E-state index contributed by atoms with van der Waals surface area (Å²) in [5.41, 5.74) is 0. The van der Waals surface area contributed by atoms with Crippen LogP contribution in [0.4, 0.5) is 0 Å². The van der Waals surface area contributed by atoms with Crippen molar-refractivity contribution in [3.63, 3.8) is 0 Å². The van der Waals surface area contributed by atoms with Gasteiger partial charge in [-0.15, -0.1) is 0 Å². The maximum absolute atomic E-state index is 13.0. The second-order valence-electron chi connectivity index (χ2n) is 21.0. The number of amides is 1. The summed E-state index contributed by atoms with van der Waals surface area (Å²) in [6, 6.07) is -0.911. The predicted octanol–water partition coefficient (Wildman–Crippen LogP) is 17.1. The van der Waals surface area contributed by atoms with Crippen molar-refractivity contribution in [2.45, 2.75) is 276 Å². The van der Waals surface area contributed by atoms with Crippen LogP contribution in [-0.2, 0) is 18.4 Å². The van der Waals surface area contributed by atoms with Crippen LogP contribution in [-0.4, -0.2) is 68.5 Å². The van der Waals surface area contributed by atoms with Gasteiger partial charge in [-0.05, 0) is 70.6 Å². The highest BCUT2D eigenvalue weighted by Crippen LogP contribution is 2.38. The van der Waals surface area contributed by atoms with Crippen molar-refractivity contribution in [1.82, 2.24) is 5.32 Å². The number of unbranched alkanes of at least 4 members (excludes halogenated alkanes) is 32. The summed E-state index contributed by atoms with van der Waals surface area (Å²) in [7, 11) is 1.24. The molecule has 0 heterocycles. The van der Waals surface area contributed by atoms with Crippen LogP contribution in [0.5, 0.6) is 0 Å². The van der Waals surface area contributed by atoms with Crippen molar-refractivity contribution in [2.75, 3.05) is 40.9 Å². The molecule has 9 heteroatoms. The summed E-state index contributed by atoms with van der Waals surface area (Å²) in [5.74, 6) is -0.214. The molecule has 0 aliphatic rings. The zero-order valence-electron chi connectivity index (χ0n) is 46.0. The average Bonchev–Trinajstić information content (AvgIpc) is 3.31. The summed E-state index contributed by atoms with van der Waals surface area (Å²) in [6.45, 7) is 4.63. The Bertz CT molecular complexity index is 1310. The van der Waals surface area contributed by atoms with Crippen LogP contribution < -0.4 is 10.2 Å². The van der Waals surface area contributed by atoms with Crippen molar-refractivity contribution < 1.29 is 32.9 Å². The Balaban J connectivity index is 4.29. The van der Waals surface area contributed by atoms with E-state index in [4.69, 9.17) is 9.05 Å². The molecule has 0 aromatic rings. The van der Waals surface area contributed by atoms with Gasteiger partial charge in [-0.1, -0.05) is 248 Å². The molecule has 404 valence electrons. The number of aliphatic hydroxyl groups excluding tert-OH is 1. The molecule has 0 aliphatic heterocycles. The second kappa shape index (κ2) is 51.1. The van der Waals surface area contributed by atoms with Gasteiger partial charge in [0.2, 0.25) is 5.91 Å².